The monoisotopic (exact) mass is 488 g/mol. The summed E-state index contributed by atoms with van der Waals surface area (Å²) >= 11 is 0. The molecule has 1 aliphatic carbocycles. The highest BCUT2D eigenvalue weighted by Gasteiger charge is 2.39. The number of ether oxygens (including phenoxy) is 1. The van der Waals surface area contributed by atoms with Crippen molar-refractivity contribution in [3.8, 4) is 11.8 Å². The Morgan fingerprint density at radius 1 is 1.28 bits per heavy atom. The predicted octanol–water partition coefficient (Wildman–Crippen LogP) is 1.69. The minimum Gasteiger partial charge on any atom is -0.370 e. The lowest BCUT2D eigenvalue weighted by atomic mass is 9.96. The molecule has 2 aliphatic heterocycles. The van der Waals surface area contributed by atoms with Crippen LogP contribution in [0.3, 0.4) is 0 Å². The van der Waals surface area contributed by atoms with Gasteiger partial charge in [-0.05, 0) is 59.0 Å². The highest BCUT2D eigenvalue weighted by atomic mass is 19.1. The van der Waals surface area contributed by atoms with E-state index in [2.05, 4.69) is 25.4 Å². The third-order valence-corrected chi connectivity index (χ3v) is 7.65. The van der Waals surface area contributed by atoms with Crippen LogP contribution in [-0.4, -0.2) is 79.7 Å². The maximum absolute atomic E-state index is 14.0. The number of aromatic nitrogens is 5. The first-order chi connectivity index (χ1) is 17.5. The number of nitriles is 1. The van der Waals surface area contributed by atoms with E-state index < -0.39 is 5.82 Å². The lowest BCUT2D eigenvalue weighted by molar-refractivity contribution is -0.141. The molecule has 0 spiro atoms. The lowest BCUT2D eigenvalue weighted by Crippen LogP contribution is -2.60. The molecular formula is C25H25FN8O2. The number of morpholine rings is 1. The zero-order valence-electron chi connectivity index (χ0n) is 19.8. The molecule has 0 radical (unpaired) electrons. The number of hydrogen-bond acceptors (Lipinski definition) is 8. The molecule has 1 aromatic carbocycles. The van der Waals surface area contributed by atoms with Gasteiger partial charge < -0.3 is 9.64 Å². The molecule has 1 unspecified atom stereocenters. The highest BCUT2D eigenvalue weighted by molar-refractivity contribution is 5.84. The Labute approximate surface area is 207 Å². The van der Waals surface area contributed by atoms with Crippen LogP contribution in [0.15, 0.2) is 30.7 Å². The number of tetrazole rings is 1. The first kappa shape index (κ1) is 22.7. The normalized spacial score (nSPS) is 23.7. The summed E-state index contributed by atoms with van der Waals surface area (Å²) in [4.78, 5) is 22.4. The Balaban J connectivity index is 1.12. The molecular weight excluding hydrogens is 463 g/mol. The Morgan fingerprint density at radius 3 is 2.97 bits per heavy atom. The number of fused-ring (bicyclic) bond motifs is 2. The zero-order chi connectivity index (χ0) is 24.8. The Kier molecular flexibility index (Phi) is 5.70. The number of aryl methyl sites for hydroxylation is 1. The molecule has 0 saturated carbocycles. The van der Waals surface area contributed by atoms with Crippen molar-refractivity contribution in [3.05, 3.63) is 64.5 Å². The van der Waals surface area contributed by atoms with Gasteiger partial charge in [-0.1, -0.05) is 6.07 Å². The van der Waals surface area contributed by atoms with Gasteiger partial charge in [0.1, 0.15) is 18.2 Å². The molecule has 2 fully saturated rings. The van der Waals surface area contributed by atoms with Crippen molar-refractivity contribution in [2.45, 2.75) is 37.8 Å². The third-order valence-electron chi connectivity index (χ3n) is 7.65. The number of piperazine rings is 1. The molecule has 2 aromatic heterocycles. The number of pyridine rings is 1. The van der Waals surface area contributed by atoms with E-state index in [0.717, 1.165) is 41.9 Å². The van der Waals surface area contributed by atoms with E-state index in [1.54, 1.807) is 23.9 Å². The third kappa shape index (κ3) is 3.83. The second-order valence-electron chi connectivity index (χ2n) is 9.59. The van der Waals surface area contributed by atoms with Gasteiger partial charge in [0.25, 0.3) is 0 Å². The largest absolute Gasteiger partial charge is 0.370 e. The van der Waals surface area contributed by atoms with Crippen molar-refractivity contribution in [1.29, 1.82) is 5.26 Å². The molecule has 3 aliphatic rings. The molecule has 3 aromatic rings. The average molecular weight is 489 g/mol. The van der Waals surface area contributed by atoms with Crippen LogP contribution in [0.4, 0.5) is 4.39 Å². The Bertz CT molecular complexity index is 1350. The average Bonchev–Trinajstić information content (AvgIpc) is 3.58. The Hall–Kier alpha value is -3.75. The van der Waals surface area contributed by atoms with E-state index >= 15 is 0 Å². The molecule has 0 N–H and O–H groups in total. The molecule has 11 heteroatoms. The van der Waals surface area contributed by atoms with Crippen LogP contribution in [0.2, 0.25) is 0 Å². The topological polar surface area (TPSA) is 113 Å². The molecule has 1 amide bonds. The summed E-state index contributed by atoms with van der Waals surface area (Å²) in [5.41, 5.74) is 4.25. The summed E-state index contributed by atoms with van der Waals surface area (Å²) in [6.45, 7) is 4.88. The fourth-order valence-electron chi connectivity index (χ4n) is 5.68. The Morgan fingerprint density at radius 2 is 2.17 bits per heavy atom. The zero-order valence-corrected chi connectivity index (χ0v) is 19.8. The summed E-state index contributed by atoms with van der Waals surface area (Å²) in [5, 5.41) is 20.6. The minimum atomic E-state index is -0.505. The molecule has 0 bridgehead atoms. The maximum Gasteiger partial charge on any atom is 0.231 e. The van der Waals surface area contributed by atoms with Gasteiger partial charge in [0, 0.05) is 26.2 Å². The SMILES string of the molecule is Cc1c([C@@H]2CN3CCN(C(=O)C4CCc5cc(-n6cnnn6)cnc54)C[C@@H]3CO2)ccc(F)c1C#N. The molecule has 2 saturated heterocycles. The van der Waals surface area contributed by atoms with Gasteiger partial charge >= 0.3 is 0 Å². The molecule has 10 nitrogen and oxygen atoms in total. The van der Waals surface area contributed by atoms with Crippen molar-refractivity contribution < 1.29 is 13.9 Å². The van der Waals surface area contributed by atoms with Crippen LogP contribution < -0.4 is 0 Å². The fourth-order valence-corrected chi connectivity index (χ4v) is 5.68. The van der Waals surface area contributed by atoms with Crippen LogP contribution >= 0.6 is 0 Å². The molecule has 184 valence electrons. The molecule has 3 atom stereocenters. The van der Waals surface area contributed by atoms with Gasteiger partial charge in [-0.2, -0.15) is 9.94 Å². The summed E-state index contributed by atoms with van der Waals surface area (Å²) in [6.07, 6.45) is 4.55. The van der Waals surface area contributed by atoms with Crippen LogP contribution in [0, 0.1) is 24.1 Å². The number of amides is 1. The van der Waals surface area contributed by atoms with E-state index in [0.29, 0.717) is 31.8 Å². The van der Waals surface area contributed by atoms with E-state index in [1.807, 2.05) is 17.0 Å². The summed E-state index contributed by atoms with van der Waals surface area (Å²) in [6, 6.07) is 7.12. The lowest BCUT2D eigenvalue weighted by Gasteiger charge is -2.46. The number of hydrogen-bond donors (Lipinski definition) is 0. The molecule has 6 rings (SSSR count). The van der Waals surface area contributed by atoms with E-state index in [1.165, 1.54) is 12.4 Å². The number of halogens is 1. The number of rotatable bonds is 3. The highest BCUT2D eigenvalue weighted by Crippen LogP contribution is 2.35. The second-order valence-corrected chi connectivity index (χ2v) is 9.59. The van der Waals surface area contributed by atoms with Crippen molar-refractivity contribution in [3.63, 3.8) is 0 Å². The van der Waals surface area contributed by atoms with Crippen LogP contribution in [0.1, 0.15) is 46.4 Å². The van der Waals surface area contributed by atoms with Crippen molar-refractivity contribution in [2.24, 2.45) is 0 Å². The van der Waals surface area contributed by atoms with Crippen molar-refractivity contribution in [2.75, 3.05) is 32.8 Å². The number of carbonyl (C=O) groups is 1. The number of benzene rings is 1. The van der Waals surface area contributed by atoms with E-state index in [9.17, 15) is 14.4 Å². The van der Waals surface area contributed by atoms with Gasteiger partial charge in [0.05, 0.1) is 47.8 Å². The first-order valence-corrected chi connectivity index (χ1v) is 12.1. The van der Waals surface area contributed by atoms with E-state index in [4.69, 9.17) is 4.74 Å². The minimum absolute atomic E-state index is 0.0733. The summed E-state index contributed by atoms with van der Waals surface area (Å²) in [5.74, 6) is -0.626. The maximum atomic E-state index is 14.0. The van der Waals surface area contributed by atoms with Gasteiger partial charge in [0.15, 0.2) is 0 Å². The summed E-state index contributed by atoms with van der Waals surface area (Å²) < 4.78 is 21.7. The van der Waals surface area contributed by atoms with Gasteiger partial charge in [-0.25, -0.2) is 4.39 Å². The van der Waals surface area contributed by atoms with Crippen molar-refractivity contribution >= 4 is 5.91 Å². The van der Waals surface area contributed by atoms with Crippen molar-refractivity contribution in [1.82, 2.24) is 35.0 Å². The first-order valence-electron chi connectivity index (χ1n) is 12.1. The number of carbonyl (C=O) groups excluding carboxylic acids is 1. The van der Waals surface area contributed by atoms with Gasteiger partial charge in [-0.3, -0.25) is 14.7 Å². The quantitative estimate of drug-likeness (QED) is 0.547. The standard InChI is InChI=1S/C25H25FN8O2/c1-15-19(4-5-22(26)21(15)9-27)23-12-32-6-7-33(11-18(32)13-36-23)25(35)20-3-2-16-8-17(10-28-24(16)20)34-14-29-30-31-34/h4-5,8,10,14,18,20,23H,2-3,6-7,11-13H2,1H3/t18-,20?,23+/m1/s1. The van der Waals surface area contributed by atoms with Crippen LogP contribution in [-0.2, 0) is 16.0 Å². The molecule has 4 heterocycles. The van der Waals surface area contributed by atoms with Gasteiger partial charge in [0.2, 0.25) is 5.91 Å². The van der Waals surface area contributed by atoms with Gasteiger partial charge in [-0.15, -0.1) is 5.10 Å². The van der Waals surface area contributed by atoms with E-state index in [-0.39, 0.29) is 29.5 Å². The number of nitrogens with zero attached hydrogens (tertiary/aromatic N) is 8. The smallest absolute Gasteiger partial charge is 0.231 e. The molecule has 36 heavy (non-hydrogen) atoms. The predicted molar refractivity (Wildman–Crippen MR) is 124 cm³/mol. The second kappa shape index (κ2) is 9.04. The fraction of sp³-hybridized carbons (Fsp3) is 0.440. The van der Waals surface area contributed by atoms with Crippen LogP contribution in [0.5, 0.6) is 0 Å². The summed E-state index contributed by atoms with van der Waals surface area (Å²) in [7, 11) is 0. The van der Waals surface area contributed by atoms with Crippen LogP contribution in [0.25, 0.3) is 5.69 Å².